The van der Waals surface area contributed by atoms with Crippen molar-refractivity contribution in [3.63, 3.8) is 0 Å². The number of carboxylic acid groups (broad SMARTS) is 1. The minimum Gasteiger partial charge on any atom is -0.494 e. The minimum absolute atomic E-state index is 0.0298. The van der Waals surface area contributed by atoms with Crippen LogP contribution in [0.25, 0.3) is 11.1 Å². The number of aryl methyl sites for hydroxylation is 3. The zero-order valence-electron chi connectivity index (χ0n) is 19.7. The smallest absolute Gasteiger partial charge is 0.416 e. The monoisotopic (exact) mass is 539 g/mol. The van der Waals surface area contributed by atoms with Gasteiger partial charge in [-0.1, -0.05) is 23.7 Å². The predicted molar refractivity (Wildman–Crippen MR) is 134 cm³/mol. The number of amides is 1. The number of carbonyl (C=O) groups is 2. The second kappa shape index (κ2) is 11.8. The number of hydrogen-bond donors (Lipinski definition) is 2. The largest absolute Gasteiger partial charge is 0.494 e. The second-order valence-corrected chi connectivity index (χ2v) is 9.79. The van der Waals surface area contributed by atoms with Gasteiger partial charge in [0, 0.05) is 11.4 Å². The molecule has 10 heteroatoms. The lowest BCUT2D eigenvalue weighted by atomic mass is 9.94. The van der Waals surface area contributed by atoms with Crippen molar-refractivity contribution >= 4 is 34.8 Å². The number of nitrogens with one attached hydrogen (secondary N) is 1. The number of hydrogen-bond acceptors (Lipinski definition) is 4. The van der Waals surface area contributed by atoms with E-state index in [4.69, 9.17) is 21.4 Å². The van der Waals surface area contributed by atoms with Gasteiger partial charge in [0.2, 0.25) is 0 Å². The first kappa shape index (κ1) is 27.5. The molecule has 0 aliphatic heterocycles. The van der Waals surface area contributed by atoms with E-state index in [0.717, 1.165) is 33.7 Å². The molecule has 0 radical (unpaired) electrons. The van der Waals surface area contributed by atoms with Gasteiger partial charge >= 0.3 is 12.1 Å². The predicted octanol–water partition coefficient (Wildman–Crippen LogP) is 6.92. The average Bonchev–Trinajstić information content (AvgIpc) is 3.16. The highest BCUT2D eigenvalue weighted by molar-refractivity contribution is 7.14. The molecule has 0 bridgehead atoms. The highest BCUT2D eigenvalue weighted by Gasteiger charge is 2.30. The Hall–Kier alpha value is -3.04. The lowest BCUT2D eigenvalue weighted by Gasteiger charge is -2.15. The first-order chi connectivity index (χ1) is 17.0. The zero-order valence-corrected chi connectivity index (χ0v) is 21.2. The fourth-order valence-electron chi connectivity index (χ4n) is 3.78. The molecule has 0 saturated carbocycles. The van der Waals surface area contributed by atoms with Crippen LogP contribution in [0.1, 0.15) is 44.1 Å². The summed E-state index contributed by atoms with van der Waals surface area (Å²) in [7, 11) is 0. The topological polar surface area (TPSA) is 75.6 Å². The molecule has 0 spiro atoms. The first-order valence-corrected chi connectivity index (χ1v) is 12.3. The third kappa shape index (κ3) is 7.24. The highest BCUT2D eigenvalue weighted by atomic mass is 35.5. The van der Waals surface area contributed by atoms with Crippen LogP contribution in [0, 0.1) is 13.8 Å². The molecule has 5 nitrogen and oxygen atoms in total. The van der Waals surface area contributed by atoms with E-state index < -0.39 is 23.6 Å². The maximum Gasteiger partial charge on any atom is 0.416 e. The SMILES string of the molecule is Cc1cc(OCCCc2cc(Cl)c(C(=O)NCCC(=O)O)s2)cc(C)c1-c1ccc(C(F)(F)F)cc1. The van der Waals surface area contributed by atoms with Crippen molar-refractivity contribution in [2.75, 3.05) is 13.2 Å². The van der Waals surface area contributed by atoms with E-state index in [1.165, 1.54) is 23.5 Å². The fraction of sp³-hybridized carbons (Fsp3) is 0.308. The molecule has 0 aliphatic rings. The Kier molecular flexibility index (Phi) is 9.03. The van der Waals surface area contributed by atoms with E-state index in [1.807, 2.05) is 26.0 Å². The number of halogens is 4. The van der Waals surface area contributed by atoms with Crippen LogP contribution in [-0.2, 0) is 17.4 Å². The van der Waals surface area contributed by atoms with Gasteiger partial charge in [-0.15, -0.1) is 11.3 Å². The first-order valence-electron chi connectivity index (χ1n) is 11.2. The number of carbonyl (C=O) groups excluding carboxylic acids is 1. The molecule has 1 aromatic heterocycles. The Morgan fingerprint density at radius 3 is 2.31 bits per heavy atom. The van der Waals surface area contributed by atoms with Gasteiger partial charge in [-0.25, -0.2) is 0 Å². The van der Waals surface area contributed by atoms with Gasteiger partial charge in [-0.05, 0) is 79.3 Å². The molecule has 0 saturated heterocycles. The summed E-state index contributed by atoms with van der Waals surface area (Å²) in [5.41, 5.74) is 2.70. The summed E-state index contributed by atoms with van der Waals surface area (Å²) in [6, 6.07) is 10.6. The molecule has 3 aromatic rings. The van der Waals surface area contributed by atoms with Crippen molar-refractivity contribution < 1.29 is 32.6 Å². The number of alkyl halides is 3. The van der Waals surface area contributed by atoms with E-state index in [1.54, 1.807) is 6.07 Å². The molecule has 2 aromatic carbocycles. The van der Waals surface area contributed by atoms with E-state index in [0.29, 0.717) is 40.7 Å². The van der Waals surface area contributed by atoms with Crippen LogP contribution in [0.4, 0.5) is 13.2 Å². The quantitative estimate of drug-likeness (QED) is 0.274. The summed E-state index contributed by atoms with van der Waals surface area (Å²) in [4.78, 5) is 24.0. The standard InChI is InChI=1S/C26H25ClF3NO4S/c1-15-12-19(13-16(2)23(15)17-5-7-18(8-6-17)26(28,29)30)35-11-3-4-20-14-21(27)24(36-20)25(34)31-10-9-22(32)33/h5-8,12-14H,3-4,9-11H2,1-2H3,(H,31,34)(H,32,33). The third-order valence-corrected chi connectivity index (χ3v) is 7.02. The van der Waals surface area contributed by atoms with E-state index in [-0.39, 0.29) is 13.0 Å². The van der Waals surface area contributed by atoms with Crippen LogP contribution in [0.15, 0.2) is 42.5 Å². The van der Waals surface area contributed by atoms with Crippen molar-refractivity contribution in [1.82, 2.24) is 5.32 Å². The molecule has 192 valence electrons. The third-order valence-electron chi connectivity index (χ3n) is 5.41. The van der Waals surface area contributed by atoms with Crippen LogP contribution in [-0.4, -0.2) is 30.1 Å². The Morgan fingerprint density at radius 1 is 1.08 bits per heavy atom. The number of carboxylic acids is 1. The van der Waals surface area contributed by atoms with Gasteiger partial charge in [-0.3, -0.25) is 9.59 Å². The summed E-state index contributed by atoms with van der Waals surface area (Å²) in [6.45, 7) is 4.24. The maximum absolute atomic E-state index is 12.9. The van der Waals surface area contributed by atoms with E-state index >= 15 is 0 Å². The molecule has 2 N–H and O–H groups in total. The van der Waals surface area contributed by atoms with Gasteiger partial charge in [-0.2, -0.15) is 13.2 Å². The molecule has 0 atom stereocenters. The lowest BCUT2D eigenvalue weighted by Crippen LogP contribution is -2.25. The fourth-order valence-corrected chi connectivity index (χ4v) is 5.19. The molecule has 36 heavy (non-hydrogen) atoms. The van der Waals surface area contributed by atoms with Crippen LogP contribution < -0.4 is 10.1 Å². The number of rotatable bonds is 10. The van der Waals surface area contributed by atoms with Gasteiger partial charge < -0.3 is 15.2 Å². The van der Waals surface area contributed by atoms with Crippen LogP contribution >= 0.6 is 22.9 Å². The van der Waals surface area contributed by atoms with Crippen molar-refractivity contribution in [1.29, 1.82) is 0 Å². The molecule has 0 unspecified atom stereocenters. The average molecular weight is 540 g/mol. The van der Waals surface area contributed by atoms with E-state index in [2.05, 4.69) is 5.32 Å². The molecule has 0 fully saturated rings. The summed E-state index contributed by atoms with van der Waals surface area (Å²) in [6.07, 6.45) is -3.21. The van der Waals surface area contributed by atoms with E-state index in [9.17, 15) is 22.8 Å². The summed E-state index contributed by atoms with van der Waals surface area (Å²) in [5.74, 6) is -0.718. The van der Waals surface area contributed by atoms with Crippen molar-refractivity contribution in [2.24, 2.45) is 0 Å². The zero-order chi connectivity index (χ0) is 26.5. The van der Waals surface area contributed by atoms with Gasteiger partial charge in [0.25, 0.3) is 5.91 Å². The number of ether oxygens (including phenoxy) is 1. The van der Waals surface area contributed by atoms with Crippen LogP contribution in [0.5, 0.6) is 5.75 Å². The van der Waals surface area contributed by atoms with Crippen molar-refractivity contribution in [2.45, 2.75) is 39.3 Å². The molecule has 3 rings (SSSR count). The Bertz CT molecular complexity index is 1220. The Labute approximate surface area is 215 Å². The maximum atomic E-state index is 12.9. The number of thiophene rings is 1. The molecular weight excluding hydrogens is 515 g/mol. The van der Waals surface area contributed by atoms with Gasteiger partial charge in [0.15, 0.2) is 0 Å². The number of benzene rings is 2. The number of aliphatic carboxylic acids is 1. The minimum atomic E-state index is -4.37. The normalized spacial score (nSPS) is 11.4. The summed E-state index contributed by atoms with van der Waals surface area (Å²) >= 11 is 7.43. The molecule has 1 amide bonds. The van der Waals surface area contributed by atoms with Crippen LogP contribution in [0.2, 0.25) is 5.02 Å². The Morgan fingerprint density at radius 2 is 1.72 bits per heavy atom. The highest BCUT2D eigenvalue weighted by Crippen LogP contribution is 2.34. The molecule has 0 aliphatic carbocycles. The summed E-state index contributed by atoms with van der Waals surface area (Å²) < 4.78 is 44.5. The summed E-state index contributed by atoms with van der Waals surface area (Å²) in [5, 5.41) is 11.5. The second-order valence-electron chi connectivity index (χ2n) is 8.25. The lowest BCUT2D eigenvalue weighted by molar-refractivity contribution is -0.138. The molecular formula is C26H25ClF3NO4S. The van der Waals surface area contributed by atoms with Crippen molar-refractivity contribution in [3.8, 4) is 16.9 Å². The van der Waals surface area contributed by atoms with Crippen LogP contribution in [0.3, 0.4) is 0 Å². The molecule has 1 heterocycles. The Balaban J connectivity index is 1.56. The van der Waals surface area contributed by atoms with Crippen molar-refractivity contribution in [3.05, 3.63) is 73.9 Å². The van der Waals surface area contributed by atoms with Gasteiger partial charge in [0.05, 0.1) is 23.6 Å². The van der Waals surface area contributed by atoms with Gasteiger partial charge in [0.1, 0.15) is 10.6 Å².